The van der Waals surface area contributed by atoms with Gasteiger partial charge in [0.15, 0.2) is 0 Å². The van der Waals surface area contributed by atoms with Crippen LogP contribution in [0.2, 0.25) is 5.02 Å². The van der Waals surface area contributed by atoms with Gasteiger partial charge < -0.3 is 10.4 Å². The van der Waals surface area contributed by atoms with E-state index in [1.54, 1.807) is 18.2 Å². The average Bonchev–Trinajstić information content (AvgIpc) is 2.32. The summed E-state index contributed by atoms with van der Waals surface area (Å²) >= 11 is 5.81. The molecule has 2 N–H and O–H groups in total. The van der Waals surface area contributed by atoms with E-state index in [9.17, 15) is 5.11 Å². The van der Waals surface area contributed by atoms with Crippen molar-refractivity contribution in [1.82, 2.24) is 0 Å². The summed E-state index contributed by atoms with van der Waals surface area (Å²) in [7, 11) is 0. The zero-order chi connectivity index (χ0) is 11.4. The number of phenolic OH excluding ortho intramolecular Hbond substituents is 1. The van der Waals surface area contributed by atoms with Crippen molar-refractivity contribution in [3.63, 3.8) is 0 Å². The van der Waals surface area contributed by atoms with E-state index >= 15 is 0 Å². The standard InChI is InChI=1S/C13H12ClNO/c14-12-8-11(6-7-13(12)16)15-9-10-4-2-1-3-5-10/h1-8,15-16H,9H2. The van der Waals surface area contributed by atoms with Crippen molar-refractivity contribution in [2.45, 2.75) is 6.54 Å². The SMILES string of the molecule is Oc1ccc(NCc2ccccc2)cc1Cl. The van der Waals surface area contributed by atoms with E-state index in [1.165, 1.54) is 5.56 Å². The number of nitrogens with one attached hydrogen (secondary N) is 1. The quantitative estimate of drug-likeness (QED) is 0.793. The van der Waals surface area contributed by atoms with Crippen LogP contribution in [-0.4, -0.2) is 5.11 Å². The number of halogens is 1. The van der Waals surface area contributed by atoms with Gasteiger partial charge in [-0.25, -0.2) is 0 Å². The molecule has 0 fully saturated rings. The maximum Gasteiger partial charge on any atom is 0.134 e. The van der Waals surface area contributed by atoms with Crippen molar-refractivity contribution in [3.05, 3.63) is 59.1 Å². The van der Waals surface area contributed by atoms with E-state index in [2.05, 4.69) is 17.4 Å². The molecule has 0 bridgehead atoms. The lowest BCUT2D eigenvalue weighted by Gasteiger charge is -2.07. The lowest BCUT2D eigenvalue weighted by atomic mass is 10.2. The van der Waals surface area contributed by atoms with Crippen LogP contribution in [0.1, 0.15) is 5.56 Å². The molecule has 16 heavy (non-hydrogen) atoms. The number of rotatable bonds is 3. The summed E-state index contributed by atoms with van der Waals surface area (Å²) in [5.74, 6) is 0.104. The fourth-order valence-electron chi connectivity index (χ4n) is 1.42. The van der Waals surface area contributed by atoms with Gasteiger partial charge in [0.05, 0.1) is 5.02 Å². The zero-order valence-electron chi connectivity index (χ0n) is 8.65. The first kappa shape index (κ1) is 10.8. The van der Waals surface area contributed by atoms with E-state index in [-0.39, 0.29) is 5.75 Å². The molecular formula is C13H12ClNO. The fraction of sp³-hybridized carbons (Fsp3) is 0.0769. The second-order valence-corrected chi connectivity index (χ2v) is 3.91. The Bertz CT molecular complexity index is 471. The van der Waals surface area contributed by atoms with Crippen LogP contribution in [-0.2, 0) is 6.54 Å². The Morgan fingerprint density at radius 2 is 1.81 bits per heavy atom. The van der Waals surface area contributed by atoms with Gasteiger partial charge >= 0.3 is 0 Å². The Morgan fingerprint density at radius 3 is 2.50 bits per heavy atom. The van der Waals surface area contributed by atoms with E-state index < -0.39 is 0 Å². The zero-order valence-corrected chi connectivity index (χ0v) is 9.41. The lowest BCUT2D eigenvalue weighted by Crippen LogP contribution is -1.98. The molecule has 0 atom stereocenters. The van der Waals surface area contributed by atoms with Crippen LogP contribution in [0.15, 0.2) is 48.5 Å². The van der Waals surface area contributed by atoms with Crippen molar-refractivity contribution in [2.75, 3.05) is 5.32 Å². The van der Waals surface area contributed by atoms with Crippen LogP contribution in [0.25, 0.3) is 0 Å². The average molecular weight is 234 g/mol. The van der Waals surface area contributed by atoms with Crippen LogP contribution in [0, 0.1) is 0 Å². The predicted molar refractivity (Wildman–Crippen MR) is 66.9 cm³/mol. The number of benzene rings is 2. The minimum atomic E-state index is 0.104. The molecular weight excluding hydrogens is 222 g/mol. The Kier molecular flexibility index (Phi) is 3.32. The molecule has 2 nitrogen and oxygen atoms in total. The fourth-order valence-corrected chi connectivity index (χ4v) is 1.60. The van der Waals surface area contributed by atoms with Crippen LogP contribution < -0.4 is 5.32 Å². The Balaban J connectivity index is 2.03. The molecule has 3 heteroatoms. The van der Waals surface area contributed by atoms with Gasteiger partial charge in [-0.15, -0.1) is 0 Å². The summed E-state index contributed by atoms with van der Waals surface area (Å²) in [6.45, 7) is 0.738. The van der Waals surface area contributed by atoms with Crippen LogP contribution >= 0.6 is 11.6 Å². The molecule has 0 aliphatic rings. The molecule has 0 radical (unpaired) electrons. The van der Waals surface area contributed by atoms with E-state index in [1.807, 2.05) is 18.2 Å². The van der Waals surface area contributed by atoms with Crippen molar-refractivity contribution < 1.29 is 5.11 Å². The largest absolute Gasteiger partial charge is 0.506 e. The van der Waals surface area contributed by atoms with Crippen molar-refractivity contribution >= 4 is 17.3 Å². The molecule has 0 saturated heterocycles. The van der Waals surface area contributed by atoms with Gasteiger partial charge in [0.1, 0.15) is 5.75 Å². The summed E-state index contributed by atoms with van der Waals surface area (Å²) in [6, 6.07) is 15.2. The number of anilines is 1. The van der Waals surface area contributed by atoms with Gasteiger partial charge in [0.2, 0.25) is 0 Å². The molecule has 0 aliphatic carbocycles. The summed E-state index contributed by atoms with van der Waals surface area (Å²) in [5.41, 5.74) is 2.10. The van der Waals surface area contributed by atoms with Gasteiger partial charge in [-0.3, -0.25) is 0 Å². The first-order chi connectivity index (χ1) is 7.75. The lowest BCUT2D eigenvalue weighted by molar-refractivity contribution is 0.475. The second-order valence-electron chi connectivity index (χ2n) is 3.51. The highest BCUT2D eigenvalue weighted by atomic mass is 35.5. The third-order valence-corrected chi connectivity index (χ3v) is 2.59. The Labute approximate surface area is 99.5 Å². The second kappa shape index (κ2) is 4.90. The molecule has 0 aromatic heterocycles. The maximum absolute atomic E-state index is 9.27. The molecule has 0 spiro atoms. The highest BCUT2D eigenvalue weighted by Crippen LogP contribution is 2.26. The normalized spacial score (nSPS) is 10.1. The third-order valence-electron chi connectivity index (χ3n) is 2.29. The van der Waals surface area contributed by atoms with Gasteiger partial charge in [-0.1, -0.05) is 41.9 Å². The highest BCUT2D eigenvalue weighted by Gasteiger charge is 1.99. The minimum absolute atomic E-state index is 0.104. The molecule has 2 rings (SSSR count). The van der Waals surface area contributed by atoms with Crippen LogP contribution in [0.4, 0.5) is 5.69 Å². The summed E-state index contributed by atoms with van der Waals surface area (Å²) in [6.07, 6.45) is 0. The van der Waals surface area contributed by atoms with E-state index in [4.69, 9.17) is 11.6 Å². The Hall–Kier alpha value is -1.67. The number of aromatic hydroxyl groups is 1. The van der Waals surface area contributed by atoms with Gasteiger partial charge in [0.25, 0.3) is 0 Å². The van der Waals surface area contributed by atoms with Gasteiger partial charge in [-0.05, 0) is 23.8 Å². The molecule has 0 saturated carbocycles. The summed E-state index contributed by atoms with van der Waals surface area (Å²) in [4.78, 5) is 0. The molecule has 2 aromatic rings. The van der Waals surface area contributed by atoms with Gasteiger partial charge in [-0.2, -0.15) is 0 Å². The molecule has 82 valence electrons. The molecule has 0 amide bonds. The first-order valence-corrected chi connectivity index (χ1v) is 5.40. The molecule has 0 unspecified atom stereocenters. The topological polar surface area (TPSA) is 32.3 Å². The van der Waals surface area contributed by atoms with Crippen molar-refractivity contribution in [3.8, 4) is 5.75 Å². The van der Waals surface area contributed by atoms with Gasteiger partial charge in [0, 0.05) is 12.2 Å². The maximum atomic E-state index is 9.27. The number of phenols is 1. The predicted octanol–water partition coefficient (Wildman–Crippen LogP) is 3.66. The third kappa shape index (κ3) is 2.67. The monoisotopic (exact) mass is 233 g/mol. The minimum Gasteiger partial charge on any atom is -0.506 e. The number of hydrogen-bond donors (Lipinski definition) is 2. The summed E-state index contributed by atoms with van der Waals surface area (Å²) < 4.78 is 0. The Morgan fingerprint density at radius 1 is 1.06 bits per heavy atom. The van der Waals surface area contributed by atoms with E-state index in [0.29, 0.717) is 5.02 Å². The van der Waals surface area contributed by atoms with Crippen LogP contribution in [0.3, 0.4) is 0 Å². The van der Waals surface area contributed by atoms with Crippen molar-refractivity contribution in [2.24, 2.45) is 0 Å². The van der Waals surface area contributed by atoms with Crippen LogP contribution in [0.5, 0.6) is 5.75 Å². The van der Waals surface area contributed by atoms with E-state index in [0.717, 1.165) is 12.2 Å². The smallest absolute Gasteiger partial charge is 0.134 e. The van der Waals surface area contributed by atoms with Crippen molar-refractivity contribution in [1.29, 1.82) is 0 Å². The number of hydrogen-bond acceptors (Lipinski definition) is 2. The summed E-state index contributed by atoms with van der Waals surface area (Å²) in [5, 5.41) is 12.9. The first-order valence-electron chi connectivity index (χ1n) is 5.02. The molecule has 0 heterocycles. The molecule has 0 aliphatic heterocycles. The highest BCUT2D eigenvalue weighted by molar-refractivity contribution is 6.32. The molecule has 2 aromatic carbocycles.